The van der Waals surface area contributed by atoms with E-state index in [1.54, 1.807) is 12.1 Å². The van der Waals surface area contributed by atoms with Crippen LogP contribution in [0.4, 0.5) is 18.0 Å². The maximum absolute atomic E-state index is 12.9. The monoisotopic (exact) mass is 445 g/mol. The third-order valence-corrected chi connectivity index (χ3v) is 5.90. The van der Waals surface area contributed by atoms with Gasteiger partial charge >= 0.3 is 6.18 Å². The molecule has 0 spiro atoms. The zero-order chi connectivity index (χ0) is 22.0. The average molecular weight is 445 g/mol. The van der Waals surface area contributed by atoms with Crippen LogP contribution in [0.5, 0.6) is 5.75 Å². The van der Waals surface area contributed by atoms with E-state index in [0.717, 1.165) is 40.2 Å². The lowest BCUT2D eigenvalue weighted by Crippen LogP contribution is -2.28. The van der Waals surface area contributed by atoms with Gasteiger partial charge in [0.2, 0.25) is 5.91 Å². The first-order valence-electron chi connectivity index (χ1n) is 9.59. The van der Waals surface area contributed by atoms with E-state index in [9.17, 15) is 22.8 Å². The highest BCUT2D eigenvalue weighted by Crippen LogP contribution is 2.32. The zero-order valence-corrected chi connectivity index (χ0v) is 17.1. The summed E-state index contributed by atoms with van der Waals surface area (Å²) >= 11 is 0.995. The summed E-state index contributed by atoms with van der Waals surface area (Å²) in [6.45, 7) is 0.403. The number of amides is 2. The van der Waals surface area contributed by atoms with E-state index in [1.165, 1.54) is 11.0 Å². The molecule has 1 saturated heterocycles. The SMILES string of the molecule is O=C1CSC(=O)N1Cc1ccc(OCCc2cccc(C(F)(F)F)c2)c2ccccc12. The topological polar surface area (TPSA) is 46.6 Å². The van der Waals surface area contributed by atoms with Crippen molar-refractivity contribution in [1.82, 2.24) is 4.90 Å². The minimum atomic E-state index is -4.38. The Bertz CT molecular complexity index is 1130. The summed E-state index contributed by atoms with van der Waals surface area (Å²) in [5, 5.41) is 1.42. The molecule has 3 aromatic carbocycles. The molecule has 2 amide bonds. The van der Waals surface area contributed by atoms with E-state index < -0.39 is 11.7 Å². The Labute approximate surface area is 181 Å². The summed E-state index contributed by atoms with van der Waals surface area (Å²) in [5.74, 6) is 0.549. The number of hydrogen-bond acceptors (Lipinski definition) is 4. The van der Waals surface area contributed by atoms with Crippen molar-refractivity contribution in [2.24, 2.45) is 0 Å². The minimum Gasteiger partial charge on any atom is -0.493 e. The molecule has 160 valence electrons. The second-order valence-electron chi connectivity index (χ2n) is 7.10. The molecule has 0 N–H and O–H groups in total. The number of rotatable bonds is 6. The van der Waals surface area contributed by atoms with Gasteiger partial charge in [-0.3, -0.25) is 14.5 Å². The van der Waals surface area contributed by atoms with Gasteiger partial charge < -0.3 is 4.74 Å². The van der Waals surface area contributed by atoms with Crippen LogP contribution >= 0.6 is 11.8 Å². The molecule has 1 heterocycles. The van der Waals surface area contributed by atoms with Crippen LogP contribution in [-0.4, -0.2) is 28.4 Å². The van der Waals surface area contributed by atoms with E-state index in [4.69, 9.17) is 4.74 Å². The highest BCUT2D eigenvalue weighted by Gasteiger charge is 2.31. The van der Waals surface area contributed by atoms with Crippen molar-refractivity contribution in [3.8, 4) is 5.75 Å². The molecule has 1 fully saturated rings. The predicted molar refractivity (Wildman–Crippen MR) is 113 cm³/mol. The van der Waals surface area contributed by atoms with Gasteiger partial charge in [0.1, 0.15) is 5.75 Å². The molecule has 0 saturated carbocycles. The lowest BCUT2D eigenvalue weighted by Gasteiger charge is -2.17. The fourth-order valence-electron chi connectivity index (χ4n) is 3.48. The summed E-state index contributed by atoms with van der Waals surface area (Å²) in [4.78, 5) is 25.1. The Balaban J connectivity index is 1.50. The number of halogens is 3. The molecule has 0 aliphatic carbocycles. The van der Waals surface area contributed by atoms with Crippen LogP contribution in [0.15, 0.2) is 60.7 Å². The van der Waals surface area contributed by atoms with Gasteiger partial charge in [-0.15, -0.1) is 0 Å². The van der Waals surface area contributed by atoms with Crippen LogP contribution in [0.1, 0.15) is 16.7 Å². The summed E-state index contributed by atoms with van der Waals surface area (Å²) in [7, 11) is 0. The zero-order valence-electron chi connectivity index (χ0n) is 16.3. The standard InChI is InChI=1S/C23H18F3NO3S/c24-23(25,26)17-5-3-4-15(12-17)10-11-30-20-9-8-16(18-6-1-2-7-19(18)20)13-27-21(28)14-31-22(27)29/h1-9,12H,10-11,13-14H2. The Morgan fingerprint density at radius 3 is 2.45 bits per heavy atom. The Morgan fingerprint density at radius 1 is 0.968 bits per heavy atom. The average Bonchev–Trinajstić information content (AvgIpc) is 3.07. The number of hydrogen-bond donors (Lipinski definition) is 0. The summed E-state index contributed by atoms with van der Waals surface area (Å²) < 4.78 is 44.5. The summed E-state index contributed by atoms with van der Waals surface area (Å²) in [5.41, 5.74) is 0.688. The smallest absolute Gasteiger partial charge is 0.416 e. The first-order valence-corrected chi connectivity index (χ1v) is 10.6. The van der Waals surface area contributed by atoms with Crippen LogP contribution < -0.4 is 4.74 Å². The van der Waals surface area contributed by atoms with E-state index in [2.05, 4.69) is 0 Å². The summed E-state index contributed by atoms with van der Waals surface area (Å²) in [6, 6.07) is 16.3. The molecule has 31 heavy (non-hydrogen) atoms. The largest absolute Gasteiger partial charge is 0.493 e. The van der Waals surface area contributed by atoms with E-state index in [-0.39, 0.29) is 30.1 Å². The molecule has 0 radical (unpaired) electrons. The number of thioether (sulfide) groups is 1. The molecule has 0 unspecified atom stereocenters. The van der Waals surface area contributed by atoms with Gasteiger partial charge in [-0.2, -0.15) is 13.2 Å². The minimum absolute atomic E-state index is 0.160. The van der Waals surface area contributed by atoms with Crippen molar-refractivity contribution in [1.29, 1.82) is 0 Å². The molecule has 1 aliphatic heterocycles. The Hall–Kier alpha value is -3.00. The number of carbonyl (C=O) groups excluding carboxylic acids is 2. The number of carbonyl (C=O) groups is 2. The molecule has 4 nitrogen and oxygen atoms in total. The predicted octanol–water partition coefficient (Wildman–Crippen LogP) is 5.68. The molecule has 0 bridgehead atoms. The third kappa shape index (κ3) is 4.69. The van der Waals surface area contributed by atoms with Crippen LogP contribution in [0.3, 0.4) is 0 Å². The molecule has 3 aromatic rings. The van der Waals surface area contributed by atoms with Gasteiger partial charge in [0.25, 0.3) is 5.24 Å². The first-order chi connectivity index (χ1) is 14.8. The molecular formula is C23H18F3NO3S. The maximum Gasteiger partial charge on any atom is 0.416 e. The van der Waals surface area contributed by atoms with Crippen molar-refractivity contribution in [2.75, 3.05) is 12.4 Å². The third-order valence-electron chi connectivity index (χ3n) is 5.05. The fraction of sp³-hybridized carbons (Fsp3) is 0.217. The number of fused-ring (bicyclic) bond motifs is 1. The van der Waals surface area contributed by atoms with Gasteiger partial charge in [-0.05, 0) is 28.6 Å². The van der Waals surface area contributed by atoms with Crippen LogP contribution in [0.25, 0.3) is 10.8 Å². The fourth-order valence-corrected chi connectivity index (χ4v) is 4.21. The molecule has 8 heteroatoms. The van der Waals surface area contributed by atoms with E-state index in [1.807, 2.05) is 30.3 Å². The quantitative estimate of drug-likeness (QED) is 0.490. The normalized spacial score (nSPS) is 14.5. The lowest BCUT2D eigenvalue weighted by molar-refractivity contribution is -0.137. The van der Waals surface area contributed by atoms with Gasteiger partial charge in [0.15, 0.2) is 0 Å². The highest BCUT2D eigenvalue weighted by molar-refractivity contribution is 8.14. The van der Waals surface area contributed by atoms with Crippen LogP contribution in [-0.2, 0) is 23.9 Å². The molecular weight excluding hydrogens is 427 g/mol. The van der Waals surface area contributed by atoms with Crippen LogP contribution in [0.2, 0.25) is 0 Å². The van der Waals surface area contributed by atoms with E-state index in [0.29, 0.717) is 17.7 Å². The Morgan fingerprint density at radius 2 is 1.74 bits per heavy atom. The van der Waals surface area contributed by atoms with Crippen LogP contribution in [0, 0.1) is 0 Å². The van der Waals surface area contributed by atoms with Gasteiger partial charge in [0, 0.05) is 11.8 Å². The van der Waals surface area contributed by atoms with Crippen molar-refractivity contribution in [3.05, 3.63) is 77.4 Å². The highest BCUT2D eigenvalue weighted by atomic mass is 32.2. The van der Waals surface area contributed by atoms with Gasteiger partial charge in [0.05, 0.1) is 24.5 Å². The molecule has 1 aliphatic rings. The molecule has 4 rings (SSSR count). The molecule has 0 atom stereocenters. The van der Waals surface area contributed by atoms with Crippen molar-refractivity contribution in [2.45, 2.75) is 19.1 Å². The number of imide groups is 1. The second kappa shape index (κ2) is 8.63. The van der Waals surface area contributed by atoms with Gasteiger partial charge in [-0.25, -0.2) is 0 Å². The first kappa shape index (κ1) is 21.2. The van der Waals surface area contributed by atoms with Crippen molar-refractivity contribution in [3.63, 3.8) is 0 Å². The lowest BCUT2D eigenvalue weighted by atomic mass is 10.0. The Kier molecular flexibility index (Phi) is 5.91. The molecule has 0 aromatic heterocycles. The van der Waals surface area contributed by atoms with Gasteiger partial charge in [-0.1, -0.05) is 60.3 Å². The van der Waals surface area contributed by atoms with Crippen molar-refractivity contribution < 1.29 is 27.5 Å². The number of benzene rings is 3. The number of nitrogens with zero attached hydrogens (tertiary/aromatic N) is 1. The number of alkyl halides is 3. The van der Waals surface area contributed by atoms with E-state index >= 15 is 0 Å². The summed E-state index contributed by atoms with van der Waals surface area (Å²) in [6.07, 6.45) is -4.05. The second-order valence-corrected chi connectivity index (χ2v) is 8.03. The maximum atomic E-state index is 12.9. The van der Waals surface area contributed by atoms with Crippen molar-refractivity contribution >= 4 is 33.7 Å². The number of ether oxygens (including phenoxy) is 1.